The van der Waals surface area contributed by atoms with Gasteiger partial charge in [-0.3, -0.25) is 0 Å². The third kappa shape index (κ3) is 5.57. The summed E-state index contributed by atoms with van der Waals surface area (Å²) in [4.78, 5) is 1.30. The number of nitrogens with one attached hydrogen (secondary N) is 1. The highest BCUT2D eigenvalue weighted by atomic mass is 32.2. The van der Waals surface area contributed by atoms with Crippen LogP contribution >= 0.6 is 11.8 Å². The minimum Gasteiger partial charge on any atom is -0.310 e. The Labute approximate surface area is 138 Å². The molecular weight excluding hydrogens is 316 g/mol. The van der Waals surface area contributed by atoms with Crippen LogP contribution in [0.25, 0.3) is 0 Å². The summed E-state index contributed by atoms with van der Waals surface area (Å²) < 4.78 is 24.7. The Hall–Kier alpha value is -0.560. The molecule has 0 saturated carbocycles. The van der Waals surface area contributed by atoms with Crippen LogP contribution in [0.3, 0.4) is 0 Å². The molecule has 1 N–H and O–H groups in total. The predicted octanol–water partition coefficient (Wildman–Crippen LogP) is 2.57. The monoisotopic (exact) mass is 342 g/mol. The fraction of sp³-hybridized carbons (Fsp3) is 0.625. The summed E-state index contributed by atoms with van der Waals surface area (Å²) >= 11 is 1.88. The number of rotatable bonds is 7. The van der Waals surface area contributed by atoms with Crippen LogP contribution in [0.4, 0.5) is 0 Å². The molecule has 0 aromatic heterocycles. The second-order valence-corrected chi connectivity index (χ2v) is 8.91. The van der Waals surface area contributed by atoms with Crippen LogP contribution in [0.2, 0.25) is 0 Å². The van der Waals surface area contributed by atoms with Crippen LogP contribution in [0, 0.1) is 0 Å². The van der Waals surface area contributed by atoms with Crippen LogP contribution in [0.5, 0.6) is 0 Å². The fourth-order valence-electron chi connectivity index (χ4n) is 2.68. The fourth-order valence-corrected chi connectivity index (χ4v) is 4.63. The van der Waals surface area contributed by atoms with Gasteiger partial charge in [-0.1, -0.05) is 25.1 Å². The number of hydrogen-bond donors (Lipinski definition) is 1. The third-order valence-electron chi connectivity index (χ3n) is 4.08. The molecule has 0 amide bonds. The van der Waals surface area contributed by atoms with Crippen molar-refractivity contribution in [2.45, 2.75) is 43.2 Å². The molecule has 1 aliphatic heterocycles. The summed E-state index contributed by atoms with van der Waals surface area (Å²) in [5, 5.41) is 3.71. The first-order chi connectivity index (χ1) is 10.5. The Kier molecular flexibility index (Phi) is 6.74. The molecule has 1 aliphatic rings. The van der Waals surface area contributed by atoms with Crippen molar-refractivity contribution in [3.8, 4) is 0 Å². The van der Waals surface area contributed by atoms with Crippen LogP contribution in [-0.4, -0.2) is 49.9 Å². The molecule has 0 bridgehead atoms. The van der Waals surface area contributed by atoms with Gasteiger partial charge in [-0.05, 0) is 31.4 Å². The lowest BCUT2D eigenvalue weighted by molar-refractivity contribution is 0.277. The standard InChI is InChI=1S/C16H26N2O2S2/c1-3-14(13-21-16-7-5-4-6-8-16)17-15-9-11-18(12-10-15)22(2,19)20/h4-8,14-15,17H,3,9-13H2,1-2H3/t14-/m0/s1. The lowest BCUT2D eigenvalue weighted by Gasteiger charge is -2.33. The molecule has 1 heterocycles. The quantitative estimate of drug-likeness (QED) is 0.774. The van der Waals surface area contributed by atoms with E-state index in [-0.39, 0.29) is 0 Å². The molecule has 1 saturated heterocycles. The summed E-state index contributed by atoms with van der Waals surface area (Å²) in [6, 6.07) is 11.4. The number of nitrogens with zero attached hydrogens (tertiary/aromatic N) is 1. The van der Waals surface area contributed by atoms with Gasteiger partial charge in [-0.25, -0.2) is 12.7 Å². The van der Waals surface area contributed by atoms with Gasteiger partial charge in [0.1, 0.15) is 0 Å². The molecule has 0 spiro atoms. The van der Waals surface area contributed by atoms with Crippen molar-refractivity contribution < 1.29 is 8.42 Å². The first-order valence-electron chi connectivity index (χ1n) is 7.88. The summed E-state index contributed by atoms with van der Waals surface area (Å²) in [5.74, 6) is 1.05. The SMILES string of the molecule is CC[C@@H](CSc1ccccc1)NC1CCN(S(C)(=O)=O)CC1. The van der Waals surface area contributed by atoms with Crippen LogP contribution in [0.1, 0.15) is 26.2 Å². The van der Waals surface area contributed by atoms with Crippen LogP contribution < -0.4 is 5.32 Å². The van der Waals surface area contributed by atoms with E-state index in [0.717, 1.165) is 25.0 Å². The number of thioether (sulfide) groups is 1. The van der Waals surface area contributed by atoms with E-state index in [9.17, 15) is 8.42 Å². The summed E-state index contributed by atoms with van der Waals surface area (Å²) in [5.41, 5.74) is 0. The maximum atomic E-state index is 11.5. The maximum absolute atomic E-state index is 11.5. The molecule has 1 aromatic rings. The molecule has 0 unspecified atom stereocenters. The zero-order chi connectivity index (χ0) is 16.0. The molecule has 1 aromatic carbocycles. The van der Waals surface area contributed by atoms with Crippen molar-refractivity contribution in [2.24, 2.45) is 0 Å². The number of hydrogen-bond acceptors (Lipinski definition) is 4. The van der Waals surface area contributed by atoms with Gasteiger partial charge < -0.3 is 5.32 Å². The zero-order valence-corrected chi connectivity index (χ0v) is 15.0. The molecule has 1 fully saturated rings. The lowest BCUT2D eigenvalue weighted by Crippen LogP contribution is -2.48. The third-order valence-corrected chi connectivity index (χ3v) is 6.56. The maximum Gasteiger partial charge on any atom is 0.211 e. The van der Waals surface area contributed by atoms with Crippen molar-refractivity contribution in [1.29, 1.82) is 0 Å². The topological polar surface area (TPSA) is 49.4 Å². The van der Waals surface area contributed by atoms with Gasteiger partial charge in [-0.2, -0.15) is 0 Å². The Bertz CT molecular complexity index is 541. The highest BCUT2D eigenvalue weighted by Crippen LogP contribution is 2.20. The highest BCUT2D eigenvalue weighted by molar-refractivity contribution is 7.99. The Morgan fingerprint density at radius 2 is 1.91 bits per heavy atom. The van der Waals surface area contributed by atoms with E-state index in [1.165, 1.54) is 11.2 Å². The van der Waals surface area contributed by atoms with E-state index in [0.29, 0.717) is 25.2 Å². The molecule has 4 nitrogen and oxygen atoms in total. The Morgan fingerprint density at radius 3 is 2.45 bits per heavy atom. The first kappa shape index (κ1) is 17.8. The molecule has 1 atom stereocenters. The van der Waals surface area contributed by atoms with Gasteiger partial charge in [0.05, 0.1) is 6.26 Å². The first-order valence-corrected chi connectivity index (χ1v) is 10.7. The number of benzene rings is 1. The largest absolute Gasteiger partial charge is 0.310 e. The summed E-state index contributed by atoms with van der Waals surface area (Å²) in [7, 11) is -3.03. The molecule has 124 valence electrons. The Morgan fingerprint density at radius 1 is 1.27 bits per heavy atom. The second kappa shape index (κ2) is 8.34. The van der Waals surface area contributed by atoms with E-state index >= 15 is 0 Å². The van der Waals surface area contributed by atoms with E-state index in [1.54, 1.807) is 4.31 Å². The van der Waals surface area contributed by atoms with Gasteiger partial charge in [-0.15, -0.1) is 11.8 Å². The Balaban J connectivity index is 1.77. The normalized spacial score (nSPS) is 19.2. The average Bonchev–Trinajstić information content (AvgIpc) is 2.52. The molecule has 0 aliphatic carbocycles. The second-order valence-electron chi connectivity index (χ2n) is 5.83. The van der Waals surface area contributed by atoms with Gasteiger partial charge in [0.25, 0.3) is 0 Å². The molecule has 2 rings (SSSR count). The smallest absolute Gasteiger partial charge is 0.211 e. The molecule has 0 radical (unpaired) electrons. The molecule has 6 heteroatoms. The van der Waals surface area contributed by atoms with Gasteiger partial charge in [0.2, 0.25) is 10.0 Å². The molecular formula is C16H26N2O2S2. The number of sulfonamides is 1. The minimum atomic E-state index is -3.03. The minimum absolute atomic E-state index is 0.430. The highest BCUT2D eigenvalue weighted by Gasteiger charge is 2.25. The predicted molar refractivity (Wildman–Crippen MR) is 93.8 cm³/mol. The summed E-state index contributed by atoms with van der Waals surface area (Å²) in [6.45, 7) is 3.48. The summed E-state index contributed by atoms with van der Waals surface area (Å²) in [6.07, 6.45) is 4.19. The van der Waals surface area contributed by atoms with E-state index in [1.807, 2.05) is 17.8 Å². The van der Waals surface area contributed by atoms with Crippen molar-refractivity contribution >= 4 is 21.8 Å². The van der Waals surface area contributed by atoms with Crippen molar-refractivity contribution in [3.63, 3.8) is 0 Å². The van der Waals surface area contributed by atoms with Crippen LogP contribution in [0.15, 0.2) is 35.2 Å². The molecule has 22 heavy (non-hydrogen) atoms. The van der Waals surface area contributed by atoms with Gasteiger partial charge >= 0.3 is 0 Å². The average molecular weight is 343 g/mol. The van der Waals surface area contributed by atoms with E-state index < -0.39 is 10.0 Å². The van der Waals surface area contributed by atoms with E-state index in [2.05, 4.69) is 36.5 Å². The van der Waals surface area contributed by atoms with Gasteiger partial charge in [0.15, 0.2) is 0 Å². The zero-order valence-electron chi connectivity index (χ0n) is 13.4. The van der Waals surface area contributed by atoms with E-state index in [4.69, 9.17) is 0 Å². The van der Waals surface area contributed by atoms with Crippen molar-refractivity contribution in [2.75, 3.05) is 25.1 Å². The number of piperidine rings is 1. The lowest BCUT2D eigenvalue weighted by atomic mass is 10.1. The van der Waals surface area contributed by atoms with Crippen LogP contribution in [-0.2, 0) is 10.0 Å². The van der Waals surface area contributed by atoms with Crippen molar-refractivity contribution in [3.05, 3.63) is 30.3 Å². The van der Waals surface area contributed by atoms with Gasteiger partial charge in [0, 0.05) is 35.8 Å². The van der Waals surface area contributed by atoms with Crippen molar-refractivity contribution in [1.82, 2.24) is 9.62 Å².